The van der Waals surface area contributed by atoms with Crippen LogP contribution in [0.5, 0.6) is 0 Å². The molecule has 0 atom stereocenters. The number of alkyl halides is 3. The van der Waals surface area contributed by atoms with Gasteiger partial charge in [-0.1, -0.05) is 0 Å². The average Bonchev–Trinajstić information content (AvgIpc) is 2.38. The molecular formula is C14H12F4N2. The maximum Gasteiger partial charge on any atom is 0.416 e. The molecule has 0 spiro atoms. The minimum absolute atomic E-state index is 0.0131. The summed E-state index contributed by atoms with van der Waals surface area (Å²) in [4.78, 5) is 3.90. The van der Waals surface area contributed by atoms with Gasteiger partial charge in [-0.05, 0) is 42.3 Å². The molecule has 106 valence electrons. The second-order valence-corrected chi connectivity index (χ2v) is 4.36. The van der Waals surface area contributed by atoms with Crippen LogP contribution < -0.4 is 5.73 Å². The first-order valence-electron chi connectivity index (χ1n) is 5.86. The number of benzene rings is 1. The van der Waals surface area contributed by atoms with Crippen molar-refractivity contribution in [1.82, 2.24) is 4.98 Å². The number of nitrogens with two attached hydrogens (primary N) is 1. The highest BCUT2D eigenvalue weighted by molar-refractivity contribution is 5.69. The van der Waals surface area contributed by atoms with Crippen molar-refractivity contribution in [3.8, 4) is 11.3 Å². The standard InChI is InChI=1S/C14H12F4N2/c1-8-5-10(14(16,17)18)6-9(7-19)12(8)13-11(15)3-2-4-20-13/h2-6H,7,19H2,1H3. The first kappa shape index (κ1) is 14.5. The summed E-state index contributed by atoms with van der Waals surface area (Å²) in [7, 11) is 0. The molecule has 0 unspecified atom stereocenters. The van der Waals surface area contributed by atoms with Crippen molar-refractivity contribution in [1.29, 1.82) is 0 Å². The second-order valence-electron chi connectivity index (χ2n) is 4.36. The molecule has 6 heteroatoms. The zero-order chi connectivity index (χ0) is 14.9. The molecule has 0 bridgehead atoms. The largest absolute Gasteiger partial charge is 0.416 e. The van der Waals surface area contributed by atoms with E-state index < -0.39 is 17.6 Å². The summed E-state index contributed by atoms with van der Waals surface area (Å²) in [6, 6.07) is 4.54. The number of hydrogen-bond donors (Lipinski definition) is 1. The van der Waals surface area contributed by atoms with E-state index in [2.05, 4.69) is 4.98 Å². The van der Waals surface area contributed by atoms with Crippen LogP contribution in [0.15, 0.2) is 30.5 Å². The zero-order valence-corrected chi connectivity index (χ0v) is 10.6. The zero-order valence-electron chi connectivity index (χ0n) is 10.6. The molecule has 2 N–H and O–H groups in total. The van der Waals surface area contributed by atoms with Gasteiger partial charge in [0.2, 0.25) is 0 Å². The predicted octanol–water partition coefficient (Wildman–Crippen LogP) is 3.67. The molecule has 0 saturated heterocycles. The van der Waals surface area contributed by atoms with E-state index in [1.807, 2.05) is 0 Å². The molecule has 1 aromatic carbocycles. The number of rotatable bonds is 2. The summed E-state index contributed by atoms with van der Waals surface area (Å²) in [5.41, 5.74) is 5.54. The number of aromatic nitrogens is 1. The number of halogens is 4. The average molecular weight is 284 g/mol. The van der Waals surface area contributed by atoms with Gasteiger partial charge in [0, 0.05) is 18.3 Å². The van der Waals surface area contributed by atoms with Crippen LogP contribution in [0.25, 0.3) is 11.3 Å². The minimum Gasteiger partial charge on any atom is -0.326 e. The molecular weight excluding hydrogens is 272 g/mol. The van der Waals surface area contributed by atoms with E-state index in [9.17, 15) is 17.6 Å². The Balaban J connectivity index is 2.69. The van der Waals surface area contributed by atoms with Gasteiger partial charge in [0.15, 0.2) is 0 Å². The van der Waals surface area contributed by atoms with E-state index in [0.717, 1.165) is 12.1 Å². The summed E-state index contributed by atoms with van der Waals surface area (Å²) >= 11 is 0. The van der Waals surface area contributed by atoms with Crippen molar-refractivity contribution in [2.75, 3.05) is 0 Å². The fourth-order valence-corrected chi connectivity index (χ4v) is 2.09. The van der Waals surface area contributed by atoms with Crippen LogP contribution in [-0.4, -0.2) is 4.98 Å². The maximum atomic E-state index is 13.8. The van der Waals surface area contributed by atoms with Crippen LogP contribution in [0.2, 0.25) is 0 Å². The Morgan fingerprint density at radius 1 is 1.25 bits per heavy atom. The predicted molar refractivity (Wildman–Crippen MR) is 67.3 cm³/mol. The van der Waals surface area contributed by atoms with Crippen LogP contribution in [0.1, 0.15) is 16.7 Å². The molecule has 0 saturated carbocycles. The Morgan fingerprint density at radius 3 is 2.50 bits per heavy atom. The smallest absolute Gasteiger partial charge is 0.326 e. The fourth-order valence-electron chi connectivity index (χ4n) is 2.09. The third-order valence-corrected chi connectivity index (χ3v) is 2.96. The van der Waals surface area contributed by atoms with Crippen LogP contribution >= 0.6 is 0 Å². The number of nitrogens with zero attached hydrogens (tertiary/aromatic N) is 1. The lowest BCUT2D eigenvalue weighted by Gasteiger charge is -2.15. The van der Waals surface area contributed by atoms with Crippen LogP contribution in [-0.2, 0) is 12.7 Å². The van der Waals surface area contributed by atoms with Crippen molar-refractivity contribution < 1.29 is 17.6 Å². The topological polar surface area (TPSA) is 38.9 Å². The number of aryl methyl sites for hydroxylation is 1. The lowest BCUT2D eigenvalue weighted by Crippen LogP contribution is -2.10. The quantitative estimate of drug-likeness (QED) is 0.854. The molecule has 1 heterocycles. The lowest BCUT2D eigenvalue weighted by atomic mass is 9.95. The summed E-state index contributed by atoms with van der Waals surface area (Å²) in [6.45, 7) is 1.36. The van der Waals surface area contributed by atoms with E-state index in [1.54, 1.807) is 0 Å². The van der Waals surface area contributed by atoms with Gasteiger partial charge in [0.05, 0.1) is 5.56 Å². The Morgan fingerprint density at radius 2 is 1.95 bits per heavy atom. The van der Waals surface area contributed by atoms with Crippen molar-refractivity contribution in [2.45, 2.75) is 19.6 Å². The van der Waals surface area contributed by atoms with Gasteiger partial charge in [-0.15, -0.1) is 0 Å². The van der Waals surface area contributed by atoms with E-state index in [4.69, 9.17) is 5.73 Å². The maximum absolute atomic E-state index is 13.8. The van der Waals surface area contributed by atoms with Crippen LogP contribution in [0.4, 0.5) is 17.6 Å². The third-order valence-electron chi connectivity index (χ3n) is 2.96. The van der Waals surface area contributed by atoms with E-state index in [-0.39, 0.29) is 23.4 Å². The van der Waals surface area contributed by atoms with Crippen molar-refractivity contribution in [3.05, 3.63) is 53.0 Å². The molecule has 1 aromatic heterocycles. The van der Waals surface area contributed by atoms with Gasteiger partial charge >= 0.3 is 6.18 Å². The molecule has 2 rings (SSSR count). The Hall–Kier alpha value is -1.95. The third kappa shape index (κ3) is 2.65. The van der Waals surface area contributed by atoms with Gasteiger partial charge in [0.25, 0.3) is 0 Å². The van der Waals surface area contributed by atoms with E-state index in [0.29, 0.717) is 5.56 Å². The SMILES string of the molecule is Cc1cc(C(F)(F)F)cc(CN)c1-c1ncccc1F. The summed E-state index contributed by atoms with van der Waals surface area (Å²) in [5, 5.41) is 0. The lowest BCUT2D eigenvalue weighted by molar-refractivity contribution is -0.137. The van der Waals surface area contributed by atoms with Crippen molar-refractivity contribution >= 4 is 0 Å². The molecule has 0 aliphatic rings. The monoisotopic (exact) mass is 284 g/mol. The van der Waals surface area contributed by atoms with Gasteiger partial charge in [-0.2, -0.15) is 13.2 Å². The Labute approximate surface area is 113 Å². The minimum atomic E-state index is -4.46. The molecule has 0 radical (unpaired) electrons. The highest BCUT2D eigenvalue weighted by atomic mass is 19.4. The fraction of sp³-hybridized carbons (Fsp3) is 0.214. The number of pyridine rings is 1. The number of hydrogen-bond acceptors (Lipinski definition) is 2. The van der Waals surface area contributed by atoms with E-state index in [1.165, 1.54) is 25.3 Å². The normalized spacial score (nSPS) is 11.7. The van der Waals surface area contributed by atoms with Gasteiger partial charge in [-0.25, -0.2) is 4.39 Å². The molecule has 2 aromatic rings. The highest BCUT2D eigenvalue weighted by Gasteiger charge is 2.32. The molecule has 0 amide bonds. The molecule has 0 aliphatic carbocycles. The Kier molecular flexibility index (Phi) is 3.76. The second kappa shape index (κ2) is 5.20. The first-order valence-corrected chi connectivity index (χ1v) is 5.86. The van der Waals surface area contributed by atoms with E-state index >= 15 is 0 Å². The van der Waals surface area contributed by atoms with Gasteiger partial charge < -0.3 is 5.73 Å². The van der Waals surface area contributed by atoms with Crippen LogP contribution in [0, 0.1) is 12.7 Å². The van der Waals surface area contributed by atoms with Gasteiger partial charge in [0.1, 0.15) is 11.5 Å². The first-order chi connectivity index (χ1) is 9.34. The molecule has 2 nitrogen and oxygen atoms in total. The molecule has 0 aliphatic heterocycles. The summed E-state index contributed by atoms with van der Waals surface area (Å²) < 4.78 is 52.1. The molecule has 20 heavy (non-hydrogen) atoms. The molecule has 0 fully saturated rings. The summed E-state index contributed by atoms with van der Waals surface area (Å²) in [5.74, 6) is -0.593. The summed E-state index contributed by atoms with van der Waals surface area (Å²) in [6.07, 6.45) is -3.08. The van der Waals surface area contributed by atoms with Crippen molar-refractivity contribution in [2.24, 2.45) is 5.73 Å². The van der Waals surface area contributed by atoms with Gasteiger partial charge in [-0.3, -0.25) is 4.98 Å². The van der Waals surface area contributed by atoms with Crippen LogP contribution in [0.3, 0.4) is 0 Å². The van der Waals surface area contributed by atoms with Crippen molar-refractivity contribution in [3.63, 3.8) is 0 Å². The Bertz CT molecular complexity index is 636. The highest BCUT2D eigenvalue weighted by Crippen LogP contribution is 2.35.